The standard InChI is InChI=1S/C16H20N4O2S/c1-5-17-15-11(10-19-16(20-15)23-4)9-18-12-6-13(21-2)8-14(7-12)22-3/h6-10H,5H2,1-4H3,(H,17,19,20). The van der Waals surface area contributed by atoms with Crippen molar-refractivity contribution in [3.8, 4) is 11.5 Å². The minimum Gasteiger partial charge on any atom is -0.497 e. The molecule has 2 rings (SSSR count). The fourth-order valence-electron chi connectivity index (χ4n) is 1.89. The zero-order valence-electron chi connectivity index (χ0n) is 13.7. The molecule has 0 atom stereocenters. The number of methoxy groups -OCH3 is 2. The molecule has 0 aliphatic carbocycles. The SMILES string of the molecule is CCNc1nc(SC)ncc1C=Nc1cc(OC)cc(OC)c1. The van der Waals surface area contributed by atoms with E-state index in [-0.39, 0.29) is 0 Å². The van der Waals surface area contributed by atoms with Gasteiger partial charge in [-0.1, -0.05) is 11.8 Å². The summed E-state index contributed by atoms with van der Waals surface area (Å²) < 4.78 is 10.5. The predicted molar refractivity (Wildman–Crippen MR) is 94.8 cm³/mol. The number of hydrogen-bond acceptors (Lipinski definition) is 7. The molecule has 0 unspecified atom stereocenters. The maximum absolute atomic E-state index is 5.25. The molecular weight excluding hydrogens is 312 g/mol. The van der Waals surface area contributed by atoms with Gasteiger partial charge < -0.3 is 14.8 Å². The van der Waals surface area contributed by atoms with Crippen molar-refractivity contribution >= 4 is 29.5 Å². The van der Waals surface area contributed by atoms with Gasteiger partial charge in [0.15, 0.2) is 5.16 Å². The number of ether oxygens (including phenoxy) is 2. The van der Waals surface area contributed by atoms with Crippen molar-refractivity contribution in [2.45, 2.75) is 12.1 Å². The normalized spacial score (nSPS) is 10.8. The van der Waals surface area contributed by atoms with Gasteiger partial charge in [0.1, 0.15) is 17.3 Å². The highest BCUT2D eigenvalue weighted by atomic mass is 32.2. The number of rotatable bonds is 7. The Morgan fingerprint density at radius 2 is 1.91 bits per heavy atom. The van der Waals surface area contributed by atoms with Crippen molar-refractivity contribution in [1.29, 1.82) is 0 Å². The first-order chi connectivity index (χ1) is 11.2. The van der Waals surface area contributed by atoms with Gasteiger partial charge in [0, 0.05) is 37.2 Å². The van der Waals surface area contributed by atoms with Crippen LogP contribution in [0.5, 0.6) is 11.5 Å². The van der Waals surface area contributed by atoms with E-state index >= 15 is 0 Å². The van der Waals surface area contributed by atoms with E-state index < -0.39 is 0 Å². The van der Waals surface area contributed by atoms with Crippen LogP contribution in [0.1, 0.15) is 12.5 Å². The zero-order chi connectivity index (χ0) is 16.7. The molecule has 0 saturated carbocycles. The fourth-order valence-corrected chi connectivity index (χ4v) is 2.23. The molecule has 2 aromatic rings. The predicted octanol–water partition coefficient (Wildman–Crippen LogP) is 3.40. The zero-order valence-corrected chi connectivity index (χ0v) is 14.5. The van der Waals surface area contributed by atoms with Crippen LogP contribution in [0.4, 0.5) is 11.5 Å². The van der Waals surface area contributed by atoms with Crippen LogP contribution in [0, 0.1) is 0 Å². The average Bonchev–Trinajstić information content (AvgIpc) is 2.60. The highest BCUT2D eigenvalue weighted by molar-refractivity contribution is 7.98. The Morgan fingerprint density at radius 3 is 2.48 bits per heavy atom. The fraction of sp³-hybridized carbons (Fsp3) is 0.312. The van der Waals surface area contributed by atoms with Crippen molar-refractivity contribution in [1.82, 2.24) is 9.97 Å². The van der Waals surface area contributed by atoms with Crippen LogP contribution in [0.3, 0.4) is 0 Å². The van der Waals surface area contributed by atoms with Gasteiger partial charge >= 0.3 is 0 Å². The lowest BCUT2D eigenvalue weighted by atomic mass is 10.2. The number of anilines is 1. The molecule has 0 radical (unpaired) electrons. The van der Waals surface area contributed by atoms with Crippen LogP contribution in [0.2, 0.25) is 0 Å². The molecule has 1 heterocycles. The van der Waals surface area contributed by atoms with Crippen LogP contribution < -0.4 is 14.8 Å². The summed E-state index contributed by atoms with van der Waals surface area (Å²) in [4.78, 5) is 13.2. The largest absolute Gasteiger partial charge is 0.497 e. The molecule has 0 aliphatic heterocycles. The van der Waals surface area contributed by atoms with E-state index in [1.54, 1.807) is 32.7 Å². The van der Waals surface area contributed by atoms with Gasteiger partial charge in [0.05, 0.1) is 25.5 Å². The Bertz CT molecular complexity index is 670. The van der Waals surface area contributed by atoms with E-state index in [0.29, 0.717) is 11.5 Å². The summed E-state index contributed by atoms with van der Waals surface area (Å²) >= 11 is 1.50. The molecular formula is C16H20N4O2S. The van der Waals surface area contributed by atoms with Crippen LogP contribution in [-0.2, 0) is 0 Å². The number of thioether (sulfide) groups is 1. The van der Waals surface area contributed by atoms with Gasteiger partial charge in [-0.05, 0) is 13.2 Å². The highest BCUT2D eigenvalue weighted by Gasteiger charge is 2.05. The molecule has 0 bridgehead atoms. The molecule has 23 heavy (non-hydrogen) atoms. The molecule has 1 aromatic heterocycles. The second-order valence-electron chi connectivity index (χ2n) is 4.52. The molecule has 0 fully saturated rings. The number of aliphatic imine (C=N–C) groups is 1. The quantitative estimate of drug-likeness (QED) is 0.476. The van der Waals surface area contributed by atoms with Crippen molar-refractivity contribution < 1.29 is 9.47 Å². The summed E-state index contributed by atoms with van der Waals surface area (Å²) in [6, 6.07) is 5.48. The molecule has 7 heteroatoms. The van der Waals surface area contributed by atoms with Gasteiger partial charge in [-0.3, -0.25) is 4.99 Å². The molecule has 122 valence electrons. The van der Waals surface area contributed by atoms with E-state index in [1.807, 2.05) is 25.3 Å². The number of hydrogen-bond donors (Lipinski definition) is 1. The number of aromatic nitrogens is 2. The van der Waals surface area contributed by atoms with Crippen LogP contribution in [0.25, 0.3) is 0 Å². The third-order valence-electron chi connectivity index (χ3n) is 3.01. The van der Waals surface area contributed by atoms with Gasteiger partial charge in [0.2, 0.25) is 0 Å². The topological polar surface area (TPSA) is 68.6 Å². The van der Waals surface area contributed by atoms with E-state index in [1.165, 1.54) is 11.8 Å². The summed E-state index contributed by atoms with van der Waals surface area (Å²) in [6.45, 7) is 2.80. The molecule has 6 nitrogen and oxygen atoms in total. The van der Waals surface area contributed by atoms with Crippen molar-refractivity contribution in [2.24, 2.45) is 4.99 Å². The summed E-state index contributed by atoms with van der Waals surface area (Å²) in [7, 11) is 3.22. The summed E-state index contributed by atoms with van der Waals surface area (Å²) in [6.07, 6.45) is 5.44. The van der Waals surface area contributed by atoms with Crippen molar-refractivity contribution in [2.75, 3.05) is 32.3 Å². The number of nitrogens with zero attached hydrogens (tertiary/aromatic N) is 3. The third-order valence-corrected chi connectivity index (χ3v) is 3.57. The Balaban J connectivity index is 2.32. The van der Waals surface area contributed by atoms with Gasteiger partial charge in [-0.25, -0.2) is 9.97 Å². The summed E-state index contributed by atoms with van der Waals surface area (Å²) in [5, 5.41) is 3.95. The average molecular weight is 332 g/mol. The second-order valence-corrected chi connectivity index (χ2v) is 5.29. The van der Waals surface area contributed by atoms with E-state index in [0.717, 1.165) is 28.8 Å². The van der Waals surface area contributed by atoms with E-state index in [9.17, 15) is 0 Å². The van der Waals surface area contributed by atoms with E-state index in [4.69, 9.17) is 9.47 Å². The van der Waals surface area contributed by atoms with Gasteiger partial charge in [0.25, 0.3) is 0 Å². The monoisotopic (exact) mass is 332 g/mol. The van der Waals surface area contributed by atoms with Crippen LogP contribution in [-0.4, -0.2) is 43.2 Å². The molecule has 1 aromatic carbocycles. The Morgan fingerprint density at radius 1 is 1.22 bits per heavy atom. The molecule has 0 aliphatic rings. The maximum Gasteiger partial charge on any atom is 0.189 e. The van der Waals surface area contributed by atoms with Gasteiger partial charge in [-0.2, -0.15) is 0 Å². The van der Waals surface area contributed by atoms with Crippen LogP contribution in [0.15, 0.2) is 34.5 Å². The van der Waals surface area contributed by atoms with Crippen molar-refractivity contribution in [3.63, 3.8) is 0 Å². The second kappa shape index (κ2) is 8.38. The Kier molecular flexibility index (Phi) is 6.22. The van der Waals surface area contributed by atoms with Crippen LogP contribution >= 0.6 is 11.8 Å². The molecule has 0 amide bonds. The number of nitrogens with one attached hydrogen (secondary N) is 1. The van der Waals surface area contributed by atoms with E-state index in [2.05, 4.69) is 20.3 Å². The summed E-state index contributed by atoms with van der Waals surface area (Å²) in [5.74, 6) is 2.15. The Labute approximate surface area is 140 Å². The third kappa shape index (κ3) is 4.59. The maximum atomic E-state index is 5.25. The minimum absolute atomic E-state index is 0.692. The minimum atomic E-state index is 0.692. The summed E-state index contributed by atoms with van der Waals surface area (Å²) in [5.41, 5.74) is 1.56. The first-order valence-corrected chi connectivity index (χ1v) is 8.34. The molecule has 0 saturated heterocycles. The first-order valence-electron chi connectivity index (χ1n) is 7.12. The molecule has 1 N–H and O–H groups in total. The smallest absolute Gasteiger partial charge is 0.189 e. The lowest BCUT2D eigenvalue weighted by Crippen LogP contribution is -2.05. The van der Waals surface area contributed by atoms with Crippen molar-refractivity contribution in [3.05, 3.63) is 30.0 Å². The number of benzene rings is 1. The highest BCUT2D eigenvalue weighted by Crippen LogP contribution is 2.27. The first kappa shape index (κ1) is 17.1. The molecule has 0 spiro atoms. The van der Waals surface area contributed by atoms with Gasteiger partial charge in [-0.15, -0.1) is 0 Å². The lowest BCUT2D eigenvalue weighted by molar-refractivity contribution is 0.394. The lowest BCUT2D eigenvalue weighted by Gasteiger charge is -2.08. The Hall–Kier alpha value is -2.28.